The van der Waals surface area contributed by atoms with Gasteiger partial charge in [0.05, 0.1) is 5.41 Å². The number of carbonyl (C=O) groups is 1. The minimum atomic E-state index is -0.637. The van der Waals surface area contributed by atoms with Crippen molar-refractivity contribution in [3.05, 3.63) is 0 Å². The van der Waals surface area contributed by atoms with Crippen molar-refractivity contribution in [3.63, 3.8) is 0 Å². The van der Waals surface area contributed by atoms with E-state index in [1.807, 2.05) is 6.92 Å². The van der Waals surface area contributed by atoms with Crippen LogP contribution in [0.3, 0.4) is 0 Å². The molecule has 0 saturated carbocycles. The van der Waals surface area contributed by atoms with Crippen molar-refractivity contribution < 1.29 is 9.90 Å². The summed E-state index contributed by atoms with van der Waals surface area (Å²) in [7, 11) is 0. The number of nitrogens with zero attached hydrogens (tertiary/aromatic N) is 2. The number of hydrogen-bond donors (Lipinski definition) is 1. The van der Waals surface area contributed by atoms with Gasteiger partial charge in [-0.15, -0.1) is 0 Å². The normalized spacial score (nSPS) is 28.6. The van der Waals surface area contributed by atoms with Crippen LogP contribution < -0.4 is 0 Å². The number of carboxylic acids is 1. The van der Waals surface area contributed by atoms with Crippen molar-refractivity contribution >= 4 is 5.97 Å². The van der Waals surface area contributed by atoms with Crippen LogP contribution in [0.2, 0.25) is 0 Å². The van der Waals surface area contributed by atoms with E-state index in [0.717, 1.165) is 25.9 Å². The Hall–Kier alpha value is -0.610. The maximum Gasteiger partial charge on any atom is 0.310 e. The van der Waals surface area contributed by atoms with Crippen molar-refractivity contribution in [2.75, 3.05) is 32.7 Å². The van der Waals surface area contributed by atoms with Crippen LogP contribution in [0.4, 0.5) is 0 Å². The molecule has 0 bridgehead atoms. The molecule has 2 aliphatic rings. The molecule has 2 unspecified atom stereocenters. The molecule has 2 aliphatic heterocycles. The fourth-order valence-electron chi connectivity index (χ4n) is 3.73. The Balaban J connectivity index is 1.98. The van der Waals surface area contributed by atoms with Gasteiger partial charge >= 0.3 is 5.97 Å². The van der Waals surface area contributed by atoms with Gasteiger partial charge in [-0.25, -0.2) is 0 Å². The molecule has 2 rings (SSSR count). The molecule has 110 valence electrons. The maximum atomic E-state index is 11.6. The first-order chi connectivity index (χ1) is 9.05. The number of fused-ring (bicyclic) bond motifs is 1. The van der Waals surface area contributed by atoms with Gasteiger partial charge in [-0.2, -0.15) is 0 Å². The van der Waals surface area contributed by atoms with E-state index in [4.69, 9.17) is 0 Å². The van der Waals surface area contributed by atoms with Gasteiger partial charge in [0.25, 0.3) is 0 Å². The van der Waals surface area contributed by atoms with Crippen LogP contribution in [0.5, 0.6) is 0 Å². The minimum absolute atomic E-state index is 0.581. The van der Waals surface area contributed by atoms with Crippen LogP contribution in [0, 0.1) is 5.41 Å². The molecule has 0 aromatic carbocycles. The quantitative estimate of drug-likeness (QED) is 0.829. The average Bonchev–Trinajstić information content (AvgIpc) is 2.69. The lowest BCUT2D eigenvalue weighted by Gasteiger charge is -2.33. The van der Waals surface area contributed by atoms with Crippen LogP contribution in [0.15, 0.2) is 0 Å². The molecule has 4 heteroatoms. The largest absolute Gasteiger partial charge is 0.481 e. The van der Waals surface area contributed by atoms with Crippen LogP contribution in [0.25, 0.3) is 0 Å². The summed E-state index contributed by atoms with van der Waals surface area (Å²) in [6.45, 7) is 9.24. The van der Waals surface area contributed by atoms with Crippen LogP contribution in [-0.4, -0.2) is 59.6 Å². The first-order valence-electron chi connectivity index (χ1n) is 7.75. The Morgan fingerprint density at radius 1 is 1.32 bits per heavy atom. The van der Waals surface area contributed by atoms with E-state index in [1.165, 1.54) is 32.4 Å². The Morgan fingerprint density at radius 2 is 2.05 bits per heavy atom. The van der Waals surface area contributed by atoms with E-state index >= 15 is 0 Å². The summed E-state index contributed by atoms with van der Waals surface area (Å²) in [5, 5.41) is 9.51. The van der Waals surface area contributed by atoms with Gasteiger partial charge in [-0.05, 0) is 52.2 Å². The van der Waals surface area contributed by atoms with E-state index in [0.29, 0.717) is 12.6 Å². The molecular formula is C15H28N2O2. The number of carboxylic acid groups (broad SMARTS) is 1. The second kappa shape index (κ2) is 6.23. The lowest BCUT2D eigenvalue weighted by Crippen LogP contribution is -2.44. The molecule has 2 atom stereocenters. The molecule has 0 amide bonds. The zero-order chi connectivity index (χ0) is 13.9. The zero-order valence-corrected chi connectivity index (χ0v) is 12.4. The van der Waals surface area contributed by atoms with E-state index in [1.54, 1.807) is 0 Å². The molecule has 0 radical (unpaired) electrons. The van der Waals surface area contributed by atoms with Crippen LogP contribution in [-0.2, 0) is 4.79 Å². The third-order valence-electron chi connectivity index (χ3n) is 4.78. The highest BCUT2D eigenvalue weighted by Gasteiger charge is 2.36. The minimum Gasteiger partial charge on any atom is -0.481 e. The molecular weight excluding hydrogens is 240 g/mol. The Bertz CT molecular complexity index is 321. The summed E-state index contributed by atoms with van der Waals surface area (Å²) in [5.41, 5.74) is -0.581. The van der Waals surface area contributed by atoms with E-state index in [-0.39, 0.29) is 0 Å². The molecule has 2 saturated heterocycles. The van der Waals surface area contributed by atoms with Gasteiger partial charge in [0, 0.05) is 19.1 Å². The van der Waals surface area contributed by atoms with Gasteiger partial charge in [0.1, 0.15) is 0 Å². The maximum absolute atomic E-state index is 11.6. The van der Waals surface area contributed by atoms with Crippen molar-refractivity contribution in [2.45, 2.75) is 52.0 Å². The van der Waals surface area contributed by atoms with E-state index in [9.17, 15) is 9.90 Å². The second-order valence-corrected chi connectivity index (χ2v) is 6.54. The first kappa shape index (κ1) is 14.8. The summed E-state index contributed by atoms with van der Waals surface area (Å²) < 4.78 is 0. The summed E-state index contributed by atoms with van der Waals surface area (Å²) >= 11 is 0. The fourth-order valence-corrected chi connectivity index (χ4v) is 3.73. The lowest BCUT2D eigenvalue weighted by atomic mass is 9.85. The van der Waals surface area contributed by atoms with E-state index in [2.05, 4.69) is 16.7 Å². The number of rotatable bonds is 5. The Morgan fingerprint density at radius 3 is 2.74 bits per heavy atom. The molecule has 4 nitrogen and oxygen atoms in total. The molecule has 0 aliphatic carbocycles. The van der Waals surface area contributed by atoms with Gasteiger partial charge in [0.2, 0.25) is 0 Å². The third kappa shape index (κ3) is 3.48. The molecule has 19 heavy (non-hydrogen) atoms. The summed E-state index contributed by atoms with van der Waals surface area (Å²) in [4.78, 5) is 16.6. The predicted molar refractivity (Wildman–Crippen MR) is 76.3 cm³/mol. The second-order valence-electron chi connectivity index (χ2n) is 6.54. The number of hydrogen-bond acceptors (Lipinski definition) is 3. The van der Waals surface area contributed by atoms with Gasteiger partial charge < -0.3 is 10.0 Å². The molecule has 2 fully saturated rings. The smallest absolute Gasteiger partial charge is 0.310 e. The Labute approximate surface area is 116 Å². The topological polar surface area (TPSA) is 43.8 Å². The van der Waals surface area contributed by atoms with Crippen molar-refractivity contribution in [1.29, 1.82) is 0 Å². The van der Waals surface area contributed by atoms with Crippen molar-refractivity contribution in [3.8, 4) is 0 Å². The summed E-state index contributed by atoms with van der Waals surface area (Å²) in [5.74, 6) is -0.637. The van der Waals surface area contributed by atoms with E-state index < -0.39 is 11.4 Å². The van der Waals surface area contributed by atoms with Crippen LogP contribution >= 0.6 is 0 Å². The van der Waals surface area contributed by atoms with Crippen LogP contribution in [0.1, 0.15) is 46.0 Å². The molecule has 2 heterocycles. The predicted octanol–water partition coefficient (Wildman–Crippen LogP) is 2.05. The van der Waals surface area contributed by atoms with Gasteiger partial charge in [-0.3, -0.25) is 9.69 Å². The molecule has 0 spiro atoms. The summed E-state index contributed by atoms with van der Waals surface area (Å²) in [6.07, 6.45) is 5.48. The van der Waals surface area contributed by atoms with Crippen molar-refractivity contribution in [2.24, 2.45) is 5.41 Å². The third-order valence-corrected chi connectivity index (χ3v) is 4.78. The molecule has 0 aromatic rings. The van der Waals surface area contributed by atoms with Gasteiger partial charge in [0.15, 0.2) is 0 Å². The zero-order valence-electron chi connectivity index (χ0n) is 12.4. The average molecular weight is 268 g/mol. The lowest BCUT2D eigenvalue weighted by molar-refractivity contribution is -0.149. The highest BCUT2D eigenvalue weighted by atomic mass is 16.4. The SMILES string of the molecule is CCCC(C)(CN1CCCN2CCCC2C1)C(=O)O. The summed E-state index contributed by atoms with van der Waals surface area (Å²) in [6, 6.07) is 0.669. The fraction of sp³-hybridized carbons (Fsp3) is 0.933. The highest BCUT2D eigenvalue weighted by molar-refractivity contribution is 5.74. The first-order valence-corrected chi connectivity index (χ1v) is 7.75. The monoisotopic (exact) mass is 268 g/mol. The number of aliphatic carboxylic acids is 1. The highest BCUT2D eigenvalue weighted by Crippen LogP contribution is 2.28. The van der Waals surface area contributed by atoms with Gasteiger partial charge in [-0.1, -0.05) is 13.3 Å². The van der Waals surface area contributed by atoms with Crippen molar-refractivity contribution in [1.82, 2.24) is 9.80 Å². The Kier molecular flexibility index (Phi) is 4.85. The standard InChI is InChI=1S/C15H28N2O2/c1-3-7-15(2,14(18)19)12-16-8-5-10-17-9-4-6-13(17)11-16/h13H,3-12H2,1-2H3,(H,18,19). The molecule has 0 aromatic heterocycles. The molecule has 1 N–H and O–H groups in total.